The van der Waals surface area contributed by atoms with E-state index in [2.05, 4.69) is 107 Å². The fourth-order valence-corrected chi connectivity index (χ4v) is 14.1. The van der Waals surface area contributed by atoms with Gasteiger partial charge in [0.15, 0.2) is 0 Å². The SMILES string of the molecule is C=C(Cl)C(=O)OCCNC(=O)C(c1ccccc1)N1C(=O)c2cc(Oc3ccc(C(C)(C)C)cc3)c3c4c(Oc5ccc(C(C)(C)C)cc5)cc5c6c(cc(Oc7ccc(C(C)(C)C)cc7)c(c7c(Oc8ccc(C(C)(C)C)cc8)cc(c2c37)C1=O)c64)C(=O)N(C(C(=O)NCCOC(=O)C(=C)Cl)c1ccccc1)C5=O. The zero-order chi connectivity index (χ0) is 78.8. The summed E-state index contributed by atoms with van der Waals surface area (Å²) in [7, 11) is 0. The summed E-state index contributed by atoms with van der Waals surface area (Å²) in [4.78, 5) is 123. The number of amides is 6. The van der Waals surface area contributed by atoms with Crippen LogP contribution in [0.2, 0.25) is 0 Å². The van der Waals surface area contributed by atoms with Crippen LogP contribution in [0.4, 0.5) is 0 Å². The van der Waals surface area contributed by atoms with Crippen molar-refractivity contribution in [3.05, 3.63) is 261 Å². The number of nitrogens with one attached hydrogen (secondary N) is 2. The van der Waals surface area contributed by atoms with Crippen LogP contribution in [0, 0.1) is 0 Å². The van der Waals surface area contributed by atoms with Gasteiger partial charge in [0, 0.05) is 43.1 Å². The van der Waals surface area contributed by atoms with Gasteiger partial charge in [-0.2, -0.15) is 0 Å². The van der Waals surface area contributed by atoms with E-state index in [1.807, 2.05) is 48.5 Å². The molecule has 2 aliphatic heterocycles. The second kappa shape index (κ2) is 29.6. The number of imide groups is 2. The van der Waals surface area contributed by atoms with Crippen LogP contribution in [0.1, 0.15) is 170 Å². The van der Waals surface area contributed by atoms with E-state index in [1.54, 1.807) is 109 Å². The van der Waals surface area contributed by atoms with E-state index in [0.29, 0.717) is 23.0 Å². The molecule has 0 aromatic heterocycles. The van der Waals surface area contributed by atoms with Gasteiger partial charge in [0.1, 0.15) is 81.4 Å². The fraction of sp³-hybridized carbons (Fsp3) is 0.244. The van der Waals surface area contributed by atoms with Gasteiger partial charge < -0.3 is 39.1 Å². The number of esters is 2. The average Bonchev–Trinajstić information content (AvgIpc) is 0.669. The lowest BCUT2D eigenvalue weighted by atomic mass is 9.80. The number of halogens is 2. The van der Waals surface area contributed by atoms with Crippen LogP contribution >= 0.6 is 23.2 Å². The van der Waals surface area contributed by atoms with Crippen LogP contribution in [-0.2, 0) is 50.3 Å². The van der Waals surface area contributed by atoms with Gasteiger partial charge in [0.05, 0.1) is 35.3 Å². The van der Waals surface area contributed by atoms with Crippen molar-refractivity contribution in [2.45, 2.75) is 117 Å². The Kier molecular flexibility index (Phi) is 20.5. The average molecular weight is 1510 g/mol. The summed E-state index contributed by atoms with van der Waals surface area (Å²) in [5.41, 5.74) is 2.79. The third kappa shape index (κ3) is 14.8. The van der Waals surface area contributed by atoms with Gasteiger partial charge in [-0.15, -0.1) is 0 Å². The molecule has 2 unspecified atom stereocenters. The normalized spacial score (nSPS) is 13.7. The molecule has 6 amide bonds. The molecule has 18 nitrogen and oxygen atoms in total. The van der Waals surface area contributed by atoms with Crippen molar-refractivity contribution >= 4 is 114 Å². The Morgan fingerprint density at radius 2 is 0.591 bits per heavy atom. The maximum atomic E-state index is 16.6. The molecule has 0 fully saturated rings. The van der Waals surface area contributed by atoms with Crippen LogP contribution in [0.3, 0.4) is 0 Å². The molecule has 0 aliphatic carbocycles. The van der Waals surface area contributed by atoms with E-state index in [1.165, 1.54) is 24.3 Å². The zero-order valence-electron chi connectivity index (χ0n) is 63.1. The van der Waals surface area contributed by atoms with Crippen molar-refractivity contribution in [3.63, 3.8) is 0 Å². The molecule has 110 heavy (non-hydrogen) atoms. The van der Waals surface area contributed by atoms with Crippen LogP contribution in [0.25, 0.3) is 43.1 Å². The highest BCUT2D eigenvalue weighted by Crippen LogP contribution is 2.59. The standard InChI is InChI=1S/C90H82Cl2N4O14/c1-49(91)85(103)105-43-41-93-79(97)77(51-21-17-15-18-22-51)95-81(99)61-45-65(107-57-33-25-53(26-34-57)87(3,4)5)71-73-67(109-59-37-29-55(30-38-59)89(9,10)11)47-63-70-64(84(102)96(83(63)101)78(52-23-19-16-20-24-52)80(98)94-42-44-106-86(104)50(2)92)48-68(110-60-39-31-56(32-40-60)90(12,13)14)74(76(70)73)72-66(46-62(82(95)100)69(61)75(71)72)108-58-35-27-54(28-36-58)88(6,7)8/h15-40,45-48,77-78H,1-2,41-44H2,3-14H3,(H,93,97)(H,94,98). The molecule has 2 heterocycles. The number of benzene rings is 11. The van der Waals surface area contributed by atoms with Crippen molar-refractivity contribution in [2.75, 3.05) is 26.3 Å². The van der Waals surface area contributed by atoms with Crippen LogP contribution in [0.5, 0.6) is 46.0 Å². The molecule has 0 bridgehead atoms. The summed E-state index contributed by atoms with van der Waals surface area (Å²) in [6.45, 7) is 30.6. The monoisotopic (exact) mass is 1510 g/mol. The highest BCUT2D eigenvalue weighted by molar-refractivity contribution is 6.45. The Hall–Kier alpha value is -11.9. The largest absolute Gasteiger partial charge is 0.460 e. The first-order valence-electron chi connectivity index (χ1n) is 36.0. The number of carbonyl (C=O) groups is 8. The summed E-state index contributed by atoms with van der Waals surface area (Å²) < 4.78 is 39.8. The Balaban J connectivity index is 1.18. The molecule has 20 heteroatoms. The van der Waals surface area contributed by atoms with Crippen molar-refractivity contribution < 1.29 is 66.8 Å². The lowest BCUT2D eigenvalue weighted by Crippen LogP contribution is -2.49. The molecule has 11 aromatic rings. The predicted molar refractivity (Wildman–Crippen MR) is 426 cm³/mol. The molecule has 2 atom stereocenters. The quantitative estimate of drug-likeness (QED) is 0.0161. The molecular formula is C90H82Cl2N4O14. The van der Waals surface area contributed by atoms with Gasteiger partial charge in [-0.25, -0.2) is 9.59 Å². The summed E-state index contributed by atoms with van der Waals surface area (Å²) in [6.07, 6.45) is 0. The number of carbonyl (C=O) groups excluding carboxylic acids is 8. The molecule has 0 spiro atoms. The van der Waals surface area contributed by atoms with Crippen LogP contribution < -0.4 is 29.6 Å². The minimum atomic E-state index is -1.66. The third-order valence-corrected chi connectivity index (χ3v) is 20.0. The first kappa shape index (κ1) is 76.3. The van der Waals surface area contributed by atoms with Gasteiger partial charge >= 0.3 is 11.9 Å². The minimum Gasteiger partial charge on any atom is -0.460 e. The molecular weight excluding hydrogens is 1430 g/mol. The first-order chi connectivity index (χ1) is 52.1. The minimum absolute atomic E-state index is 0.0115. The molecule has 560 valence electrons. The van der Waals surface area contributed by atoms with E-state index in [-0.39, 0.29) is 157 Å². The topological polar surface area (TPSA) is 222 Å². The zero-order valence-corrected chi connectivity index (χ0v) is 64.6. The van der Waals surface area contributed by atoms with Crippen molar-refractivity contribution in [3.8, 4) is 46.0 Å². The van der Waals surface area contributed by atoms with Crippen LogP contribution in [-0.4, -0.2) is 83.5 Å². The van der Waals surface area contributed by atoms with E-state index >= 15 is 28.8 Å². The van der Waals surface area contributed by atoms with E-state index in [0.717, 1.165) is 32.1 Å². The second-order valence-electron chi connectivity index (χ2n) is 31.4. The van der Waals surface area contributed by atoms with Crippen molar-refractivity contribution in [2.24, 2.45) is 0 Å². The summed E-state index contributed by atoms with van der Waals surface area (Å²) in [6, 6.07) is 49.2. The highest BCUT2D eigenvalue weighted by atomic mass is 35.5. The predicted octanol–water partition coefficient (Wildman–Crippen LogP) is 19.6. The van der Waals surface area contributed by atoms with Gasteiger partial charge in [0.25, 0.3) is 23.6 Å². The number of rotatable bonds is 22. The molecule has 2 N–H and O–H groups in total. The summed E-state index contributed by atoms with van der Waals surface area (Å²) in [5.74, 6) is -5.83. The van der Waals surface area contributed by atoms with E-state index in [9.17, 15) is 9.59 Å². The maximum Gasteiger partial charge on any atom is 0.349 e. The summed E-state index contributed by atoms with van der Waals surface area (Å²) in [5, 5.41) is 6.27. The van der Waals surface area contributed by atoms with Gasteiger partial charge in [0.2, 0.25) is 11.8 Å². The molecule has 2 aliphatic rings. The molecule has 13 rings (SSSR count). The van der Waals surface area contributed by atoms with Crippen LogP contribution in [0.15, 0.2) is 205 Å². The Bertz CT molecular complexity index is 4990. The van der Waals surface area contributed by atoms with Crippen molar-refractivity contribution in [1.29, 1.82) is 0 Å². The van der Waals surface area contributed by atoms with E-state index < -0.39 is 59.5 Å². The molecule has 0 radical (unpaired) electrons. The maximum absolute atomic E-state index is 16.6. The number of fused-ring (bicyclic) bond motifs is 2. The number of hydrogen-bond donors (Lipinski definition) is 2. The Morgan fingerprint density at radius 3 is 0.809 bits per heavy atom. The highest BCUT2D eigenvalue weighted by Gasteiger charge is 2.47. The lowest BCUT2D eigenvalue weighted by molar-refractivity contribution is -0.139. The number of hydrogen-bond acceptors (Lipinski definition) is 14. The first-order valence-corrected chi connectivity index (χ1v) is 36.8. The molecule has 11 aromatic carbocycles. The third-order valence-electron chi connectivity index (χ3n) is 19.7. The van der Waals surface area contributed by atoms with Crippen molar-refractivity contribution in [1.82, 2.24) is 20.4 Å². The smallest absolute Gasteiger partial charge is 0.349 e. The fourth-order valence-electron chi connectivity index (χ4n) is 14.0. The summed E-state index contributed by atoms with van der Waals surface area (Å²) >= 11 is 11.7. The second-order valence-corrected chi connectivity index (χ2v) is 32.4. The number of ether oxygens (including phenoxy) is 6. The van der Waals surface area contributed by atoms with E-state index in [4.69, 9.17) is 51.6 Å². The Labute approximate surface area is 647 Å². The Morgan fingerprint density at radius 1 is 0.355 bits per heavy atom. The number of nitrogens with zero attached hydrogens (tertiary/aromatic N) is 2. The van der Waals surface area contributed by atoms with Gasteiger partial charge in [-0.3, -0.25) is 38.6 Å². The van der Waals surface area contributed by atoms with Gasteiger partial charge in [-0.1, -0.05) is 229 Å². The molecule has 0 saturated heterocycles. The van der Waals surface area contributed by atoms with Gasteiger partial charge in [-0.05, 0) is 128 Å². The molecule has 0 saturated carbocycles. The lowest BCUT2D eigenvalue weighted by Gasteiger charge is -2.36.